The molecule has 0 bridgehead atoms. The summed E-state index contributed by atoms with van der Waals surface area (Å²) in [7, 11) is 0. The minimum Gasteiger partial charge on any atom is -0.439 e. The summed E-state index contributed by atoms with van der Waals surface area (Å²) in [4.78, 5) is 4.28. The molecule has 0 aliphatic rings. The summed E-state index contributed by atoms with van der Waals surface area (Å²) in [6.45, 7) is 5.02. The van der Waals surface area contributed by atoms with Gasteiger partial charge in [0.05, 0.1) is 16.0 Å². The lowest BCUT2D eigenvalue weighted by Crippen LogP contribution is -2.17. The summed E-state index contributed by atoms with van der Waals surface area (Å²) >= 11 is 5.07. The van der Waals surface area contributed by atoms with E-state index >= 15 is 0 Å². The predicted octanol–water partition coefficient (Wildman–Crippen LogP) is 3.84. The number of hydrogen-bond acceptors (Lipinski definition) is 4. The molecule has 3 nitrogen and oxygen atoms in total. The normalized spacial score (nSPS) is 12.9. The third-order valence-corrected chi connectivity index (χ3v) is 3.76. The van der Waals surface area contributed by atoms with Crippen molar-refractivity contribution >= 4 is 27.3 Å². The third kappa shape index (κ3) is 2.53. The average Bonchev–Trinajstić information content (AvgIpc) is 2.85. The van der Waals surface area contributed by atoms with Gasteiger partial charge in [-0.05, 0) is 35.5 Å². The first-order valence-electron chi connectivity index (χ1n) is 5.14. The maximum Gasteiger partial charge on any atom is 0.211 e. The molecule has 0 aliphatic carbocycles. The maximum absolute atomic E-state index is 5.71. The van der Waals surface area contributed by atoms with Crippen LogP contribution in [0.1, 0.15) is 25.8 Å². The molecule has 1 atom stereocenters. The molecular weight excluding hydrogens is 288 g/mol. The van der Waals surface area contributed by atoms with Crippen molar-refractivity contribution in [1.82, 2.24) is 10.3 Å². The Morgan fingerprint density at radius 3 is 3.06 bits per heavy atom. The predicted molar refractivity (Wildman–Crippen MR) is 69.6 cm³/mol. The highest BCUT2D eigenvalue weighted by Gasteiger charge is 2.12. The fourth-order valence-corrected chi connectivity index (χ4v) is 2.60. The van der Waals surface area contributed by atoms with E-state index in [1.54, 1.807) is 17.5 Å². The zero-order valence-electron chi connectivity index (χ0n) is 9.16. The van der Waals surface area contributed by atoms with Crippen LogP contribution in [0.3, 0.4) is 0 Å². The van der Waals surface area contributed by atoms with Gasteiger partial charge in [0.2, 0.25) is 5.89 Å². The van der Waals surface area contributed by atoms with Crippen molar-refractivity contribution in [2.75, 3.05) is 6.54 Å². The lowest BCUT2D eigenvalue weighted by Gasteiger charge is -2.06. The second kappa shape index (κ2) is 5.12. The lowest BCUT2D eigenvalue weighted by atomic mass is 10.3. The Bertz CT molecular complexity index is 466. The first-order valence-corrected chi connectivity index (χ1v) is 6.81. The molecule has 2 heterocycles. The molecule has 0 aromatic carbocycles. The average molecular weight is 301 g/mol. The van der Waals surface area contributed by atoms with Gasteiger partial charge in [-0.1, -0.05) is 6.92 Å². The number of nitrogens with one attached hydrogen (secondary N) is 1. The number of nitrogens with zero attached hydrogens (tertiary/aromatic N) is 1. The van der Waals surface area contributed by atoms with E-state index in [1.165, 1.54) is 0 Å². The van der Waals surface area contributed by atoms with Crippen molar-refractivity contribution in [3.05, 3.63) is 27.3 Å². The first-order chi connectivity index (χ1) is 7.70. The number of hydrogen-bond donors (Lipinski definition) is 1. The Hall–Kier alpha value is -0.650. The molecule has 0 fully saturated rings. The zero-order chi connectivity index (χ0) is 11.5. The van der Waals surface area contributed by atoms with Gasteiger partial charge in [-0.15, -0.1) is 11.3 Å². The molecule has 1 unspecified atom stereocenters. The molecule has 0 amide bonds. The largest absolute Gasteiger partial charge is 0.439 e. The van der Waals surface area contributed by atoms with E-state index < -0.39 is 0 Å². The maximum atomic E-state index is 5.71. The van der Waals surface area contributed by atoms with Crippen LogP contribution in [0.15, 0.2) is 25.8 Å². The molecule has 5 heteroatoms. The monoisotopic (exact) mass is 300 g/mol. The van der Waals surface area contributed by atoms with Crippen molar-refractivity contribution in [3.63, 3.8) is 0 Å². The van der Waals surface area contributed by atoms with Gasteiger partial charge in [0.1, 0.15) is 0 Å². The van der Waals surface area contributed by atoms with Crippen LogP contribution >= 0.6 is 27.3 Å². The molecular formula is C11H13BrN2OS. The van der Waals surface area contributed by atoms with Gasteiger partial charge in [-0.3, -0.25) is 0 Å². The summed E-state index contributed by atoms with van der Waals surface area (Å²) in [5.41, 5.74) is 1.07. The number of oxazole rings is 1. The van der Waals surface area contributed by atoms with Gasteiger partial charge in [0.15, 0.2) is 5.76 Å². The van der Waals surface area contributed by atoms with Crippen LogP contribution < -0.4 is 5.32 Å². The first kappa shape index (κ1) is 11.8. The molecule has 2 rings (SSSR count). The van der Waals surface area contributed by atoms with Crippen LogP contribution in [0.4, 0.5) is 0 Å². The van der Waals surface area contributed by atoms with Gasteiger partial charge in [-0.2, -0.15) is 0 Å². The molecule has 2 aromatic rings. The van der Waals surface area contributed by atoms with E-state index in [9.17, 15) is 0 Å². The topological polar surface area (TPSA) is 38.1 Å². The minimum absolute atomic E-state index is 0.154. The summed E-state index contributed by atoms with van der Waals surface area (Å²) in [5, 5.41) is 5.32. The molecule has 0 radical (unpaired) electrons. The van der Waals surface area contributed by atoms with Crippen LogP contribution in [0, 0.1) is 0 Å². The van der Waals surface area contributed by atoms with Gasteiger partial charge in [-0.25, -0.2) is 4.98 Å². The van der Waals surface area contributed by atoms with Crippen molar-refractivity contribution in [2.24, 2.45) is 0 Å². The number of rotatable bonds is 4. The van der Waals surface area contributed by atoms with Crippen LogP contribution in [0.25, 0.3) is 11.3 Å². The quantitative estimate of drug-likeness (QED) is 0.932. The fourth-order valence-electron chi connectivity index (χ4n) is 1.45. The molecule has 0 saturated heterocycles. The molecule has 16 heavy (non-hydrogen) atoms. The van der Waals surface area contributed by atoms with E-state index in [2.05, 4.69) is 33.2 Å². The lowest BCUT2D eigenvalue weighted by molar-refractivity contribution is 0.429. The Balaban J connectivity index is 2.19. The Morgan fingerprint density at radius 2 is 2.44 bits per heavy atom. The summed E-state index contributed by atoms with van der Waals surface area (Å²) in [6.07, 6.45) is 1.78. The van der Waals surface area contributed by atoms with Gasteiger partial charge in [0, 0.05) is 10.9 Å². The standard InChI is InChI=1S/C11H13BrN2OS/c1-3-13-7(2)11-14-5-9(15-11)8-4-10(12)16-6-8/h4-7,13H,3H2,1-2H3. The van der Waals surface area contributed by atoms with Crippen molar-refractivity contribution in [2.45, 2.75) is 19.9 Å². The van der Waals surface area contributed by atoms with Crippen LogP contribution in [-0.4, -0.2) is 11.5 Å². The number of aromatic nitrogens is 1. The molecule has 0 spiro atoms. The van der Waals surface area contributed by atoms with Gasteiger partial charge < -0.3 is 9.73 Å². The zero-order valence-corrected chi connectivity index (χ0v) is 11.6. The second-order valence-corrected chi connectivity index (χ2v) is 5.77. The number of thiophene rings is 1. The molecule has 0 saturated carbocycles. The van der Waals surface area contributed by atoms with Crippen LogP contribution in [-0.2, 0) is 0 Å². The van der Waals surface area contributed by atoms with E-state index in [4.69, 9.17) is 4.42 Å². The van der Waals surface area contributed by atoms with Crippen LogP contribution in [0.5, 0.6) is 0 Å². The second-order valence-electron chi connectivity index (χ2n) is 3.48. The highest BCUT2D eigenvalue weighted by molar-refractivity contribution is 9.11. The fraction of sp³-hybridized carbons (Fsp3) is 0.364. The summed E-state index contributed by atoms with van der Waals surface area (Å²) < 4.78 is 6.81. The van der Waals surface area contributed by atoms with Crippen molar-refractivity contribution in [1.29, 1.82) is 0 Å². The van der Waals surface area contributed by atoms with Crippen molar-refractivity contribution < 1.29 is 4.42 Å². The molecule has 2 aromatic heterocycles. The van der Waals surface area contributed by atoms with E-state index in [0.29, 0.717) is 0 Å². The van der Waals surface area contributed by atoms with Crippen molar-refractivity contribution in [3.8, 4) is 11.3 Å². The SMILES string of the molecule is CCNC(C)c1ncc(-c2csc(Br)c2)o1. The Kier molecular flexibility index (Phi) is 3.78. The van der Waals surface area contributed by atoms with E-state index in [0.717, 1.165) is 27.5 Å². The number of halogens is 1. The van der Waals surface area contributed by atoms with E-state index in [-0.39, 0.29) is 6.04 Å². The summed E-state index contributed by atoms with van der Waals surface area (Å²) in [6, 6.07) is 2.19. The summed E-state index contributed by atoms with van der Waals surface area (Å²) in [5.74, 6) is 1.56. The van der Waals surface area contributed by atoms with E-state index in [1.807, 2.05) is 18.4 Å². The minimum atomic E-state index is 0.154. The smallest absolute Gasteiger partial charge is 0.211 e. The molecule has 86 valence electrons. The Labute approximate surface area is 107 Å². The highest BCUT2D eigenvalue weighted by atomic mass is 79.9. The highest BCUT2D eigenvalue weighted by Crippen LogP contribution is 2.30. The van der Waals surface area contributed by atoms with Crippen LogP contribution in [0.2, 0.25) is 0 Å². The molecule has 0 aliphatic heterocycles. The third-order valence-electron chi connectivity index (χ3n) is 2.26. The Morgan fingerprint density at radius 1 is 1.62 bits per heavy atom. The molecule has 1 N–H and O–H groups in total. The van der Waals surface area contributed by atoms with Gasteiger partial charge >= 0.3 is 0 Å². The van der Waals surface area contributed by atoms with Gasteiger partial charge in [0.25, 0.3) is 0 Å².